The minimum Gasteiger partial charge on any atom is -0.406 e. The summed E-state index contributed by atoms with van der Waals surface area (Å²) < 4.78 is 44.0. The molecule has 3 nitrogen and oxygen atoms in total. The van der Waals surface area contributed by atoms with Crippen molar-refractivity contribution in [3.8, 4) is 5.75 Å². The number of hydrogen-bond donors (Lipinski definition) is 1. The number of para-hydroxylation sites is 2. The highest BCUT2D eigenvalue weighted by atomic mass is 35.5. The van der Waals surface area contributed by atoms with Crippen LogP contribution in [-0.4, -0.2) is 19.5 Å². The number of halogens is 4. The first-order valence-electron chi connectivity index (χ1n) is 10.3. The van der Waals surface area contributed by atoms with Crippen LogP contribution in [0.25, 0.3) is 0 Å². The van der Waals surface area contributed by atoms with Crippen molar-refractivity contribution in [1.29, 1.82) is 0 Å². The Labute approximate surface area is 194 Å². The number of ether oxygens (including phenoxy) is 1. The van der Waals surface area contributed by atoms with E-state index < -0.39 is 6.36 Å². The summed E-state index contributed by atoms with van der Waals surface area (Å²) in [4.78, 5) is 3.11. The van der Waals surface area contributed by atoms with Crippen LogP contribution in [0.3, 0.4) is 0 Å². The first-order valence-corrected chi connectivity index (χ1v) is 11.5. The van der Waals surface area contributed by atoms with Crippen LogP contribution in [0.15, 0.2) is 71.6 Å². The SMILES string of the molecule is FC(F)(F)Oc1ccc(SNCCCN2c3ccccc3CCc3cccc(Cl)c32)cc1. The van der Waals surface area contributed by atoms with Crippen LogP contribution >= 0.6 is 23.5 Å². The topological polar surface area (TPSA) is 24.5 Å². The van der Waals surface area contributed by atoms with Crippen molar-refractivity contribution in [3.05, 3.63) is 82.9 Å². The number of hydrogen-bond acceptors (Lipinski definition) is 4. The zero-order valence-electron chi connectivity index (χ0n) is 17.2. The van der Waals surface area contributed by atoms with E-state index in [2.05, 4.69) is 38.6 Å². The fourth-order valence-corrected chi connectivity index (χ4v) is 4.81. The van der Waals surface area contributed by atoms with Gasteiger partial charge in [-0.25, -0.2) is 0 Å². The van der Waals surface area contributed by atoms with Crippen molar-refractivity contribution in [2.75, 3.05) is 18.0 Å². The van der Waals surface area contributed by atoms with Gasteiger partial charge >= 0.3 is 6.36 Å². The minimum atomic E-state index is -4.68. The summed E-state index contributed by atoms with van der Waals surface area (Å²) in [6.07, 6.45) is -1.89. The first kappa shape index (κ1) is 22.8. The van der Waals surface area contributed by atoms with Crippen molar-refractivity contribution in [3.63, 3.8) is 0 Å². The molecule has 0 bridgehead atoms. The average Bonchev–Trinajstić information content (AvgIpc) is 2.92. The molecule has 0 aromatic heterocycles. The summed E-state index contributed by atoms with van der Waals surface area (Å²) in [5.74, 6) is -0.225. The molecule has 32 heavy (non-hydrogen) atoms. The molecule has 8 heteroatoms. The van der Waals surface area contributed by atoms with Gasteiger partial charge in [0.1, 0.15) is 5.75 Å². The molecule has 0 unspecified atom stereocenters. The van der Waals surface area contributed by atoms with Gasteiger partial charge in [0, 0.05) is 23.7 Å². The van der Waals surface area contributed by atoms with Crippen LogP contribution in [0.2, 0.25) is 5.02 Å². The number of fused-ring (bicyclic) bond motifs is 2. The maximum absolute atomic E-state index is 12.3. The van der Waals surface area contributed by atoms with E-state index in [0.717, 1.165) is 48.0 Å². The highest BCUT2D eigenvalue weighted by Crippen LogP contribution is 2.40. The molecular weight excluding hydrogens is 457 g/mol. The van der Waals surface area contributed by atoms with Gasteiger partial charge < -0.3 is 9.64 Å². The molecule has 0 spiro atoms. The normalized spacial score (nSPS) is 13.3. The Morgan fingerprint density at radius 2 is 1.66 bits per heavy atom. The van der Waals surface area contributed by atoms with E-state index in [-0.39, 0.29) is 5.75 Å². The zero-order chi connectivity index (χ0) is 22.6. The van der Waals surface area contributed by atoms with Crippen LogP contribution < -0.4 is 14.4 Å². The molecule has 0 aliphatic carbocycles. The van der Waals surface area contributed by atoms with Crippen molar-refractivity contribution in [1.82, 2.24) is 4.72 Å². The number of nitrogens with zero attached hydrogens (tertiary/aromatic N) is 1. The smallest absolute Gasteiger partial charge is 0.406 e. The van der Waals surface area contributed by atoms with E-state index in [9.17, 15) is 13.2 Å². The van der Waals surface area contributed by atoms with Crippen molar-refractivity contribution >= 4 is 34.9 Å². The lowest BCUT2D eigenvalue weighted by Gasteiger charge is -2.28. The summed E-state index contributed by atoms with van der Waals surface area (Å²) in [5, 5.41) is 0.753. The Kier molecular flexibility index (Phi) is 7.18. The Hall–Kier alpha value is -2.35. The summed E-state index contributed by atoms with van der Waals surface area (Å²) in [6, 6.07) is 20.3. The van der Waals surface area contributed by atoms with Gasteiger partial charge in [-0.2, -0.15) is 0 Å². The Morgan fingerprint density at radius 1 is 0.938 bits per heavy atom. The minimum absolute atomic E-state index is 0.225. The van der Waals surface area contributed by atoms with Crippen molar-refractivity contribution in [2.45, 2.75) is 30.5 Å². The number of alkyl halides is 3. The molecule has 0 amide bonds. The highest BCUT2D eigenvalue weighted by molar-refractivity contribution is 7.97. The number of aryl methyl sites for hydroxylation is 2. The highest BCUT2D eigenvalue weighted by Gasteiger charge is 2.31. The molecule has 0 radical (unpaired) electrons. The molecule has 0 saturated heterocycles. The van der Waals surface area contributed by atoms with Crippen molar-refractivity contribution < 1.29 is 17.9 Å². The van der Waals surface area contributed by atoms with Gasteiger partial charge in [-0.05, 0) is 78.7 Å². The van der Waals surface area contributed by atoms with Crippen LogP contribution in [-0.2, 0) is 12.8 Å². The van der Waals surface area contributed by atoms with E-state index in [1.807, 2.05) is 18.2 Å². The standard InChI is InChI=1S/C24H22ClF3N2OS/c25-21-7-3-6-18-10-9-17-5-1-2-8-22(17)30(23(18)21)16-4-15-29-32-20-13-11-19(12-14-20)31-24(26,27)28/h1-3,5-8,11-14,29H,4,9-10,15-16H2. The fourth-order valence-electron chi connectivity index (χ4n) is 3.82. The first-order chi connectivity index (χ1) is 15.4. The average molecular weight is 479 g/mol. The third kappa shape index (κ3) is 5.71. The molecule has 168 valence electrons. The second-order valence-corrected chi connectivity index (χ2v) is 8.77. The molecule has 1 aliphatic heterocycles. The lowest BCUT2D eigenvalue weighted by molar-refractivity contribution is -0.274. The van der Waals surface area contributed by atoms with E-state index in [1.165, 1.54) is 40.9 Å². The summed E-state index contributed by atoms with van der Waals surface area (Å²) >= 11 is 7.99. The number of benzene rings is 3. The predicted octanol–water partition coefficient (Wildman–Crippen LogP) is 7.16. The number of rotatable bonds is 7. The maximum atomic E-state index is 12.3. The van der Waals surface area contributed by atoms with Crippen LogP contribution in [0.1, 0.15) is 17.5 Å². The zero-order valence-corrected chi connectivity index (χ0v) is 18.7. The Balaban J connectivity index is 1.36. The Morgan fingerprint density at radius 3 is 2.44 bits per heavy atom. The molecule has 0 saturated carbocycles. The fraction of sp³-hybridized carbons (Fsp3) is 0.250. The van der Waals surface area contributed by atoms with Gasteiger partial charge in [0.25, 0.3) is 0 Å². The van der Waals surface area contributed by atoms with Gasteiger partial charge in [0.05, 0.1) is 10.7 Å². The van der Waals surface area contributed by atoms with Gasteiger partial charge in [-0.3, -0.25) is 4.72 Å². The maximum Gasteiger partial charge on any atom is 0.573 e. The summed E-state index contributed by atoms with van der Waals surface area (Å²) in [6.45, 7) is 1.52. The third-order valence-corrected chi connectivity index (χ3v) is 6.36. The predicted molar refractivity (Wildman–Crippen MR) is 124 cm³/mol. The summed E-state index contributed by atoms with van der Waals surface area (Å²) in [5.41, 5.74) is 4.82. The molecule has 4 rings (SSSR count). The van der Waals surface area contributed by atoms with E-state index in [0.29, 0.717) is 0 Å². The molecule has 1 N–H and O–H groups in total. The molecular formula is C24H22ClF3N2OS. The summed E-state index contributed by atoms with van der Waals surface area (Å²) in [7, 11) is 0. The van der Waals surface area contributed by atoms with Gasteiger partial charge in [-0.15, -0.1) is 13.2 Å². The quantitative estimate of drug-likeness (QED) is 0.287. The third-order valence-electron chi connectivity index (χ3n) is 5.19. The molecule has 0 fully saturated rings. The van der Waals surface area contributed by atoms with Crippen molar-refractivity contribution in [2.24, 2.45) is 0 Å². The van der Waals surface area contributed by atoms with Crippen LogP contribution in [0, 0.1) is 0 Å². The molecule has 3 aromatic rings. The molecule has 3 aromatic carbocycles. The van der Waals surface area contributed by atoms with Gasteiger partial charge in [-0.1, -0.05) is 41.9 Å². The van der Waals surface area contributed by atoms with Crippen LogP contribution in [0.5, 0.6) is 5.75 Å². The number of nitrogens with one attached hydrogen (secondary N) is 1. The number of anilines is 2. The monoisotopic (exact) mass is 478 g/mol. The largest absolute Gasteiger partial charge is 0.573 e. The molecule has 1 heterocycles. The lowest BCUT2D eigenvalue weighted by Crippen LogP contribution is -2.22. The van der Waals surface area contributed by atoms with E-state index >= 15 is 0 Å². The Bertz CT molecular complexity index is 1060. The van der Waals surface area contributed by atoms with Gasteiger partial charge in [0.2, 0.25) is 0 Å². The second-order valence-electron chi connectivity index (χ2n) is 7.40. The second kappa shape index (κ2) is 10.1. The van der Waals surface area contributed by atoms with E-state index in [1.54, 1.807) is 12.1 Å². The molecule has 0 atom stereocenters. The van der Waals surface area contributed by atoms with Gasteiger partial charge in [0.15, 0.2) is 0 Å². The molecule has 1 aliphatic rings. The van der Waals surface area contributed by atoms with Crippen LogP contribution in [0.4, 0.5) is 24.5 Å². The lowest BCUT2D eigenvalue weighted by atomic mass is 10.0. The van der Waals surface area contributed by atoms with E-state index in [4.69, 9.17) is 11.6 Å².